The van der Waals surface area contributed by atoms with Gasteiger partial charge in [-0.2, -0.15) is 0 Å². The van der Waals surface area contributed by atoms with Crippen LogP contribution in [-0.2, 0) is 15.9 Å². The predicted molar refractivity (Wildman–Crippen MR) is 67.4 cm³/mol. The van der Waals surface area contributed by atoms with Crippen LogP contribution < -0.4 is 0 Å². The number of aryl methyl sites for hydroxylation is 1. The van der Waals surface area contributed by atoms with E-state index in [0.29, 0.717) is 13.2 Å². The summed E-state index contributed by atoms with van der Waals surface area (Å²) >= 11 is 0. The van der Waals surface area contributed by atoms with Gasteiger partial charge >= 0.3 is 0 Å². The quantitative estimate of drug-likeness (QED) is 0.740. The topological polar surface area (TPSA) is 18.5 Å². The van der Waals surface area contributed by atoms with Crippen molar-refractivity contribution >= 4 is 0 Å². The fourth-order valence-corrected chi connectivity index (χ4v) is 1.84. The minimum Gasteiger partial charge on any atom is -0.499 e. The molecule has 1 aromatic carbocycles. The van der Waals surface area contributed by atoms with Gasteiger partial charge in [0.1, 0.15) is 6.61 Å². The van der Waals surface area contributed by atoms with Crippen LogP contribution >= 0.6 is 0 Å². The molecule has 0 spiro atoms. The van der Waals surface area contributed by atoms with Gasteiger partial charge in [0.25, 0.3) is 0 Å². The van der Waals surface area contributed by atoms with E-state index in [4.69, 9.17) is 15.9 Å². The summed E-state index contributed by atoms with van der Waals surface area (Å²) in [5, 5.41) is 0. The van der Waals surface area contributed by atoms with E-state index in [1.165, 1.54) is 5.56 Å². The van der Waals surface area contributed by atoms with Gasteiger partial charge in [0, 0.05) is 0 Å². The van der Waals surface area contributed by atoms with E-state index in [1.54, 1.807) is 6.26 Å². The summed E-state index contributed by atoms with van der Waals surface area (Å²) in [5.41, 5.74) is 0.649. The molecule has 88 valence electrons. The summed E-state index contributed by atoms with van der Waals surface area (Å²) in [6.45, 7) is 1.09. The van der Waals surface area contributed by atoms with Crippen molar-refractivity contribution in [1.29, 1.82) is 0 Å². The number of terminal acetylenes is 1. The molecule has 0 fully saturated rings. The molecule has 1 atom stereocenters. The zero-order chi connectivity index (χ0) is 12.0. The van der Waals surface area contributed by atoms with Crippen LogP contribution in [-0.4, -0.2) is 18.8 Å². The Morgan fingerprint density at radius 1 is 1.24 bits per heavy atom. The second-order valence-corrected chi connectivity index (χ2v) is 4.04. The van der Waals surface area contributed by atoms with Crippen molar-refractivity contribution in [2.45, 2.75) is 18.4 Å². The Morgan fingerprint density at radius 2 is 2.06 bits per heavy atom. The maximum absolute atomic E-state index is 5.71. The molecule has 0 aliphatic carbocycles. The van der Waals surface area contributed by atoms with Gasteiger partial charge in [-0.25, -0.2) is 0 Å². The molecule has 2 heteroatoms. The molecule has 0 N–H and O–H groups in total. The molecule has 1 aromatic rings. The summed E-state index contributed by atoms with van der Waals surface area (Å²) < 4.78 is 10.9. The van der Waals surface area contributed by atoms with E-state index in [-0.39, 0.29) is 0 Å². The number of rotatable bonds is 3. The van der Waals surface area contributed by atoms with Crippen LogP contribution in [0.15, 0.2) is 42.7 Å². The minimum atomic E-state index is -0.619. The van der Waals surface area contributed by atoms with Crippen LogP contribution in [0.3, 0.4) is 0 Å². The second-order valence-electron chi connectivity index (χ2n) is 4.04. The van der Waals surface area contributed by atoms with E-state index in [0.717, 1.165) is 12.8 Å². The van der Waals surface area contributed by atoms with Crippen molar-refractivity contribution in [3.63, 3.8) is 0 Å². The van der Waals surface area contributed by atoms with Gasteiger partial charge in [-0.1, -0.05) is 36.3 Å². The molecule has 2 nitrogen and oxygen atoms in total. The Kier molecular flexibility index (Phi) is 3.85. The highest BCUT2D eigenvalue weighted by molar-refractivity contribution is 5.22. The zero-order valence-electron chi connectivity index (χ0n) is 9.76. The fourth-order valence-electron chi connectivity index (χ4n) is 1.84. The van der Waals surface area contributed by atoms with Gasteiger partial charge in [-0.3, -0.25) is 0 Å². The van der Waals surface area contributed by atoms with Crippen molar-refractivity contribution in [3.8, 4) is 12.3 Å². The minimum absolute atomic E-state index is 0.534. The molecule has 0 saturated heterocycles. The molecule has 0 radical (unpaired) electrons. The van der Waals surface area contributed by atoms with Crippen LogP contribution in [0.2, 0.25) is 0 Å². The highest BCUT2D eigenvalue weighted by Gasteiger charge is 2.26. The summed E-state index contributed by atoms with van der Waals surface area (Å²) in [6, 6.07) is 10.3. The number of benzene rings is 1. The lowest BCUT2D eigenvalue weighted by Crippen LogP contribution is -2.29. The molecule has 1 unspecified atom stereocenters. The normalized spacial score (nSPS) is 23.5. The molecule has 0 bridgehead atoms. The monoisotopic (exact) mass is 228 g/mol. The zero-order valence-corrected chi connectivity index (χ0v) is 9.76. The first kappa shape index (κ1) is 11.8. The summed E-state index contributed by atoms with van der Waals surface area (Å²) in [7, 11) is 0. The van der Waals surface area contributed by atoms with Crippen molar-refractivity contribution in [3.05, 3.63) is 48.2 Å². The standard InChI is InChI=1S/C15H16O2/c1-2-15(10-11-16-12-13-17-15)9-8-14-6-4-3-5-7-14/h1,3-7,10-11H,8-9,12-13H2. The molecule has 0 amide bonds. The van der Waals surface area contributed by atoms with E-state index in [1.807, 2.05) is 24.3 Å². The van der Waals surface area contributed by atoms with Gasteiger partial charge in [0.2, 0.25) is 0 Å². The Morgan fingerprint density at radius 3 is 2.82 bits per heavy atom. The lowest BCUT2D eigenvalue weighted by Gasteiger charge is -2.23. The van der Waals surface area contributed by atoms with Crippen molar-refractivity contribution < 1.29 is 9.47 Å². The van der Waals surface area contributed by atoms with Crippen molar-refractivity contribution in [2.24, 2.45) is 0 Å². The highest BCUT2D eigenvalue weighted by Crippen LogP contribution is 2.22. The first-order chi connectivity index (χ1) is 8.35. The third-order valence-corrected chi connectivity index (χ3v) is 2.87. The number of ether oxygens (including phenoxy) is 2. The second kappa shape index (κ2) is 5.56. The van der Waals surface area contributed by atoms with Crippen LogP contribution in [0.4, 0.5) is 0 Å². The first-order valence-corrected chi connectivity index (χ1v) is 5.80. The van der Waals surface area contributed by atoms with E-state index in [2.05, 4.69) is 18.1 Å². The average Bonchev–Trinajstić information content (AvgIpc) is 2.64. The van der Waals surface area contributed by atoms with Gasteiger partial charge in [-0.15, -0.1) is 6.42 Å². The summed E-state index contributed by atoms with van der Waals surface area (Å²) in [5.74, 6) is 2.74. The molecule has 1 heterocycles. The van der Waals surface area contributed by atoms with Crippen LogP contribution in [0, 0.1) is 12.3 Å². The predicted octanol–water partition coefficient (Wildman–Crippen LogP) is 2.55. The number of hydrogen-bond donors (Lipinski definition) is 0. The molecular formula is C15H16O2. The molecule has 17 heavy (non-hydrogen) atoms. The van der Waals surface area contributed by atoms with Crippen molar-refractivity contribution in [2.75, 3.05) is 13.2 Å². The number of hydrogen-bond acceptors (Lipinski definition) is 2. The van der Waals surface area contributed by atoms with Gasteiger partial charge in [-0.05, 0) is 24.5 Å². The van der Waals surface area contributed by atoms with Crippen molar-refractivity contribution in [1.82, 2.24) is 0 Å². The Labute approximate surface area is 102 Å². The van der Waals surface area contributed by atoms with Crippen LogP contribution in [0.5, 0.6) is 0 Å². The largest absolute Gasteiger partial charge is 0.499 e. The SMILES string of the molecule is C#CC1(CCc2ccccc2)C=COCCO1. The molecular weight excluding hydrogens is 212 g/mol. The average molecular weight is 228 g/mol. The molecule has 1 aliphatic rings. The molecule has 2 rings (SSSR count). The maximum atomic E-state index is 5.71. The Bertz CT molecular complexity index is 416. The third-order valence-electron chi connectivity index (χ3n) is 2.87. The highest BCUT2D eigenvalue weighted by atomic mass is 16.5. The molecule has 1 aliphatic heterocycles. The van der Waals surface area contributed by atoms with Gasteiger partial charge in [0.15, 0.2) is 5.60 Å². The summed E-state index contributed by atoms with van der Waals surface area (Å²) in [6.07, 6.45) is 10.7. The maximum Gasteiger partial charge on any atom is 0.150 e. The van der Waals surface area contributed by atoms with E-state index in [9.17, 15) is 0 Å². The van der Waals surface area contributed by atoms with E-state index < -0.39 is 5.60 Å². The Balaban J connectivity index is 2.02. The summed E-state index contributed by atoms with van der Waals surface area (Å²) in [4.78, 5) is 0. The lowest BCUT2D eigenvalue weighted by atomic mass is 9.95. The fraction of sp³-hybridized carbons (Fsp3) is 0.333. The lowest BCUT2D eigenvalue weighted by molar-refractivity contribution is 0.0191. The molecule has 0 aromatic heterocycles. The third kappa shape index (κ3) is 3.12. The smallest absolute Gasteiger partial charge is 0.150 e. The van der Waals surface area contributed by atoms with E-state index >= 15 is 0 Å². The van der Waals surface area contributed by atoms with Gasteiger partial charge in [0.05, 0.1) is 12.9 Å². The first-order valence-electron chi connectivity index (χ1n) is 5.80. The van der Waals surface area contributed by atoms with Gasteiger partial charge < -0.3 is 9.47 Å². The van der Waals surface area contributed by atoms with Crippen LogP contribution in [0.1, 0.15) is 12.0 Å². The van der Waals surface area contributed by atoms with Crippen LogP contribution in [0.25, 0.3) is 0 Å². The Hall–Kier alpha value is -1.72. The molecule has 0 saturated carbocycles.